The molecule has 40 heavy (non-hydrogen) atoms. The quantitative estimate of drug-likeness (QED) is 0.388. The highest BCUT2D eigenvalue weighted by atomic mass is 35.5. The van der Waals surface area contributed by atoms with Gasteiger partial charge in [-0.1, -0.05) is 23.7 Å². The summed E-state index contributed by atoms with van der Waals surface area (Å²) in [7, 11) is 0. The van der Waals surface area contributed by atoms with E-state index in [9.17, 15) is 9.59 Å². The van der Waals surface area contributed by atoms with Crippen LogP contribution in [-0.4, -0.2) is 79.4 Å². The Hall–Kier alpha value is -3.73. The van der Waals surface area contributed by atoms with E-state index in [2.05, 4.69) is 10.2 Å². The van der Waals surface area contributed by atoms with Crippen molar-refractivity contribution in [3.63, 3.8) is 0 Å². The molecule has 3 amide bonds. The molecule has 0 unspecified atom stereocenters. The number of carbonyl (C=O) groups is 2. The van der Waals surface area contributed by atoms with Gasteiger partial charge in [0.15, 0.2) is 11.5 Å². The number of rotatable bonds is 10. The highest BCUT2D eigenvalue weighted by Crippen LogP contribution is 2.33. The zero-order valence-corrected chi connectivity index (χ0v) is 23.2. The fourth-order valence-electron chi connectivity index (χ4n) is 4.56. The summed E-state index contributed by atoms with van der Waals surface area (Å²) in [6, 6.07) is 14.2. The lowest BCUT2D eigenvalue weighted by Gasteiger charge is -2.31. The van der Waals surface area contributed by atoms with Gasteiger partial charge in [0, 0.05) is 43.4 Å². The summed E-state index contributed by atoms with van der Waals surface area (Å²) < 4.78 is 21.9. The topological polar surface area (TPSA) is 96.7 Å². The van der Waals surface area contributed by atoms with Gasteiger partial charge in [-0.2, -0.15) is 0 Å². The first kappa shape index (κ1) is 27.8. The van der Waals surface area contributed by atoms with Gasteiger partial charge >= 0.3 is 6.03 Å². The van der Waals surface area contributed by atoms with E-state index in [4.69, 9.17) is 30.2 Å². The van der Waals surface area contributed by atoms with Gasteiger partial charge in [0.25, 0.3) is 0 Å². The number of aryl methyl sites for hydroxylation is 1. The van der Waals surface area contributed by atoms with E-state index < -0.39 is 0 Å². The minimum absolute atomic E-state index is 0.110. The number of carbonyl (C=O) groups excluding carboxylic acids is 2. The molecule has 1 saturated heterocycles. The Labute approximate surface area is 238 Å². The molecule has 11 heteroatoms. The Balaban J connectivity index is 1.32. The number of anilines is 1. The van der Waals surface area contributed by atoms with Crippen molar-refractivity contribution in [3.05, 3.63) is 76.7 Å². The Kier molecular flexibility index (Phi) is 9.10. The molecule has 2 aromatic carbocycles. The van der Waals surface area contributed by atoms with Crippen molar-refractivity contribution in [2.24, 2.45) is 0 Å². The minimum atomic E-state index is -0.373. The first-order valence-corrected chi connectivity index (χ1v) is 13.6. The largest absolute Gasteiger partial charge is 0.467 e. The van der Waals surface area contributed by atoms with Crippen LogP contribution in [0, 0.1) is 6.92 Å². The summed E-state index contributed by atoms with van der Waals surface area (Å²) in [6.07, 6.45) is 1.58. The summed E-state index contributed by atoms with van der Waals surface area (Å²) >= 11 is 6.28. The maximum atomic E-state index is 13.8. The molecule has 0 atom stereocenters. The van der Waals surface area contributed by atoms with Crippen molar-refractivity contribution < 1.29 is 28.2 Å². The summed E-state index contributed by atoms with van der Waals surface area (Å²) in [4.78, 5) is 32.7. The van der Waals surface area contributed by atoms with E-state index in [1.54, 1.807) is 34.3 Å². The lowest BCUT2D eigenvalue weighted by atomic mass is 10.2. The normalized spacial score (nSPS) is 14.7. The number of halogens is 1. The van der Waals surface area contributed by atoms with Crippen LogP contribution in [0.5, 0.6) is 11.5 Å². The zero-order chi connectivity index (χ0) is 27.9. The SMILES string of the molecule is Cc1ccc(NC(=O)N(CCN2CCOCC2)CC(=O)N(Cc2ccc3c(c2)OCO3)Cc2ccco2)cc1Cl. The van der Waals surface area contributed by atoms with Gasteiger partial charge in [-0.05, 0) is 54.4 Å². The van der Waals surface area contributed by atoms with Crippen molar-refractivity contribution in [1.29, 1.82) is 0 Å². The van der Waals surface area contributed by atoms with E-state index in [-0.39, 0.29) is 31.8 Å². The minimum Gasteiger partial charge on any atom is -0.467 e. The number of ether oxygens (including phenoxy) is 3. The molecule has 1 aromatic heterocycles. The van der Waals surface area contributed by atoms with E-state index >= 15 is 0 Å². The molecule has 0 saturated carbocycles. The van der Waals surface area contributed by atoms with Crippen LogP contribution >= 0.6 is 11.6 Å². The molecule has 10 nitrogen and oxygen atoms in total. The van der Waals surface area contributed by atoms with Crippen molar-refractivity contribution in [2.45, 2.75) is 20.0 Å². The Morgan fingerprint density at radius 1 is 1.00 bits per heavy atom. The first-order valence-electron chi connectivity index (χ1n) is 13.3. The lowest BCUT2D eigenvalue weighted by Crippen LogP contribution is -2.48. The van der Waals surface area contributed by atoms with Gasteiger partial charge in [0.2, 0.25) is 12.7 Å². The van der Waals surface area contributed by atoms with Crippen LogP contribution in [0.1, 0.15) is 16.9 Å². The second-order valence-corrected chi connectivity index (χ2v) is 10.2. The fourth-order valence-corrected chi connectivity index (χ4v) is 4.74. The van der Waals surface area contributed by atoms with Crippen molar-refractivity contribution in [2.75, 3.05) is 58.0 Å². The lowest BCUT2D eigenvalue weighted by molar-refractivity contribution is -0.133. The average Bonchev–Trinajstić information content (AvgIpc) is 3.65. The molecule has 5 rings (SSSR count). The highest BCUT2D eigenvalue weighted by molar-refractivity contribution is 6.31. The Morgan fingerprint density at radius 2 is 1.82 bits per heavy atom. The van der Waals surface area contributed by atoms with Crippen molar-refractivity contribution in [1.82, 2.24) is 14.7 Å². The number of furan rings is 1. The van der Waals surface area contributed by atoms with Crippen LogP contribution < -0.4 is 14.8 Å². The van der Waals surface area contributed by atoms with Gasteiger partial charge in [-0.15, -0.1) is 0 Å². The number of morpholine rings is 1. The van der Waals surface area contributed by atoms with E-state index in [1.807, 2.05) is 37.3 Å². The second kappa shape index (κ2) is 13.1. The number of urea groups is 1. The fraction of sp³-hybridized carbons (Fsp3) is 0.379. The Bertz CT molecular complexity index is 1310. The number of nitrogens with one attached hydrogen (secondary N) is 1. The third-order valence-corrected chi connectivity index (χ3v) is 7.32. The van der Waals surface area contributed by atoms with Gasteiger partial charge < -0.3 is 33.7 Å². The monoisotopic (exact) mass is 568 g/mol. The van der Waals surface area contributed by atoms with Crippen LogP contribution in [0.4, 0.5) is 10.5 Å². The van der Waals surface area contributed by atoms with Crippen LogP contribution in [-0.2, 0) is 22.6 Å². The molecule has 212 valence electrons. The standard InChI is InChI=1S/C29H33ClN4O6/c1-21-4-6-23(16-25(21)30)31-29(36)33(9-8-32-10-13-37-14-11-32)19-28(35)34(18-24-3-2-12-38-24)17-22-5-7-26-27(15-22)40-20-39-26/h2-7,12,15-16H,8-11,13-14,17-20H2,1H3,(H,31,36). The molecular formula is C29H33ClN4O6. The van der Waals surface area contributed by atoms with E-state index in [1.165, 1.54) is 0 Å². The molecule has 3 aromatic rings. The highest BCUT2D eigenvalue weighted by Gasteiger charge is 2.25. The smallest absolute Gasteiger partial charge is 0.322 e. The van der Waals surface area contributed by atoms with E-state index in [0.717, 1.165) is 24.2 Å². The predicted octanol–water partition coefficient (Wildman–Crippen LogP) is 4.37. The number of hydrogen-bond donors (Lipinski definition) is 1. The number of fused-ring (bicyclic) bond motifs is 1. The summed E-state index contributed by atoms with van der Waals surface area (Å²) in [5.74, 6) is 1.75. The molecular weight excluding hydrogens is 536 g/mol. The van der Waals surface area contributed by atoms with Crippen LogP contribution in [0.3, 0.4) is 0 Å². The molecule has 1 N–H and O–H groups in total. The third kappa shape index (κ3) is 7.26. The second-order valence-electron chi connectivity index (χ2n) is 9.79. The first-order chi connectivity index (χ1) is 19.4. The van der Waals surface area contributed by atoms with Gasteiger partial charge in [-0.25, -0.2) is 4.79 Å². The molecule has 0 radical (unpaired) electrons. The van der Waals surface area contributed by atoms with Crippen molar-refractivity contribution in [3.8, 4) is 11.5 Å². The number of benzene rings is 2. The number of hydrogen-bond acceptors (Lipinski definition) is 7. The Morgan fingerprint density at radius 3 is 2.60 bits per heavy atom. The molecule has 2 aliphatic rings. The summed E-state index contributed by atoms with van der Waals surface area (Å²) in [5, 5.41) is 3.46. The van der Waals surface area contributed by atoms with Crippen LogP contribution in [0.2, 0.25) is 5.02 Å². The third-order valence-electron chi connectivity index (χ3n) is 6.92. The van der Waals surface area contributed by atoms with Gasteiger partial charge in [0.05, 0.1) is 26.0 Å². The summed E-state index contributed by atoms with van der Waals surface area (Å²) in [6.45, 7) is 6.39. The van der Waals surface area contributed by atoms with Crippen LogP contribution in [0.25, 0.3) is 0 Å². The molecule has 0 aliphatic carbocycles. The molecule has 0 spiro atoms. The molecule has 1 fully saturated rings. The molecule has 0 bridgehead atoms. The number of nitrogens with zero attached hydrogens (tertiary/aromatic N) is 3. The molecule has 2 aliphatic heterocycles. The maximum absolute atomic E-state index is 13.8. The maximum Gasteiger partial charge on any atom is 0.322 e. The van der Waals surface area contributed by atoms with Crippen molar-refractivity contribution >= 4 is 29.2 Å². The number of amides is 3. The summed E-state index contributed by atoms with van der Waals surface area (Å²) in [5.41, 5.74) is 2.36. The van der Waals surface area contributed by atoms with E-state index in [0.29, 0.717) is 60.8 Å². The van der Waals surface area contributed by atoms with Crippen LogP contribution in [0.15, 0.2) is 59.2 Å². The van der Waals surface area contributed by atoms with Gasteiger partial charge in [0.1, 0.15) is 12.3 Å². The zero-order valence-electron chi connectivity index (χ0n) is 22.4. The predicted molar refractivity (Wildman–Crippen MR) is 150 cm³/mol. The average molecular weight is 569 g/mol. The van der Waals surface area contributed by atoms with Gasteiger partial charge in [-0.3, -0.25) is 9.69 Å². The molecule has 3 heterocycles.